The van der Waals surface area contributed by atoms with Crippen molar-refractivity contribution in [1.82, 2.24) is 0 Å². The molecular formula is C19H20N2O4. The summed E-state index contributed by atoms with van der Waals surface area (Å²) in [4.78, 5) is 23.0. The van der Waals surface area contributed by atoms with Crippen molar-refractivity contribution < 1.29 is 19.1 Å². The van der Waals surface area contributed by atoms with Crippen molar-refractivity contribution >= 4 is 23.6 Å². The van der Waals surface area contributed by atoms with E-state index in [4.69, 9.17) is 15.2 Å². The van der Waals surface area contributed by atoms with E-state index in [-0.39, 0.29) is 5.91 Å². The molecule has 6 heteroatoms. The highest BCUT2D eigenvalue weighted by molar-refractivity contribution is 6.02. The number of anilines is 1. The van der Waals surface area contributed by atoms with E-state index in [1.54, 1.807) is 49.6 Å². The molecule has 0 unspecified atom stereocenters. The highest BCUT2D eigenvalue weighted by Gasteiger charge is 2.05. The minimum Gasteiger partial charge on any atom is -0.493 e. The van der Waals surface area contributed by atoms with Gasteiger partial charge in [-0.05, 0) is 55.0 Å². The van der Waals surface area contributed by atoms with Crippen molar-refractivity contribution in [3.8, 4) is 11.5 Å². The number of carbonyl (C=O) groups is 2. The third kappa shape index (κ3) is 5.10. The van der Waals surface area contributed by atoms with E-state index in [1.807, 2.05) is 13.0 Å². The van der Waals surface area contributed by atoms with Crippen LogP contribution in [0.25, 0.3) is 6.08 Å². The van der Waals surface area contributed by atoms with Crippen molar-refractivity contribution in [3.63, 3.8) is 0 Å². The van der Waals surface area contributed by atoms with Crippen LogP contribution in [0.4, 0.5) is 5.69 Å². The van der Waals surface area contributed by atoms with Crippen LogP contribution in [0.2, 0.25) is 0 Å². The van der Waals surface area contributed by atoms with Crippen molar-refractivity contribution in [1.29, 1.82) is 0 Å². The van der Waals surface area contributed by atoms with Gasteiger partial charge in [0.15, 0.2) is 11.5 Å². The minimum absolute atomic E-state index is 0.292. The molecule has 2 aromatic rings. The van der Waals surface area contributed by atoms with E-state index < -0.39 is 5.91 Å². The first-order chi connectivity index (χ1) is 12.0. The summed E-state index contributed by atoms with van der Waals surface area (Å²) in [6.07, 6.45) is 3.09. The van der Waals surface area contributed by atoms with Crippen LogP contribution in [0, 0.1) is 0 Å². The number of rotatable bonds is 7. The van der Waals surface area contributed by atoms with Gasteiger partial charge in [-0.15, -0.1) is 0 Å². The number of nitrogens with one attached hydrogen (secondary N) is 1. The lowest BCUT2D eigenvalue weighted by molar-refractivity contribution is -0.111. The van der Waals surface area contributed by atoms with Crippen LogP contribution in [0.15, 0.2) is 48.5 Å². The van der Waals surface area contributed by atoms with Crippen LogP contribution in [0.5, 0.6) is 11.5 Å². The summed E-state index contributed by atoms with van der Waals surface area (Å²) in [6.45, 7) is 2.44. The minimum atomic E-state index is -0.512. The van der Waals surface area contributed by atoms with E-state index in [9.17, 15) is 9.59 Å². The SMILES string of the molecule is CCOc1ccc(C=CC(=O)Nc2ccc(C(N)=O)cc2)cc1OC. The van der Waals surface area contributed by atoms with Gasteiger partial charge >= 0.3 is 0 Å². The standard InChI is InChI=1S/C19H20N2O4/c1-3-25-16-10-4-13(12-17(16)24-2)5-11-18(22)21-15-8-6-14(7-9-15)19(20)23/h4-12H,3H2,1-2H3,(H2,20,23)(H,21,22). The number of nitrogens with two attached hydrogens (primary N) is 1. The van der Waals surface area contributed by atoms with Gasteiger partial charge in [-0.2, -0.15) is 0 Å². The summed E-state index contributed by atoms with van der Waals surface area (Å²) in [5.74, 6) is 0.453. The Balaban J connectivity index is 2.03. The second-order valence-electron chi connectivity index (χ2n) is 5.11. The Hall–Kier alpha value is -3.28. The largest absolute Gasteiger partial charge is 0.493 e. The molecular weight excluding hydrogens is 320 g/mol. The maximum Gasteiger partial charge on any atom is 0.248 e. The number of hydrogen-bond acceptors (Lipinski definition) is 4. The molecule has 0 aliphatic carbocycles. The Kier molecular flexibility index (Phi) is 6.17. The Morgan fingerprint density at radius 2 is 1.84 bits per heavy atom. The monoisotopic (exact) mass is 340 g/mol. The van der Waals surface area contributed by atoms with Gasteiger partial charge in [0.2, 0.25) is 11.8 Å². The smallest absolute Gasteiger partial charge is 0.248 e. The molecule has 0 aromatic heterocycles. The molecule has 130 valence electrons. The fourth-order valence-corrected chi connectivity index (χ4v) is 2.14. The van der Waals surface area contributed by atoms with Gasteiger partial charge in [-0.25, -0.2) is 0 Å². The number of amides is 2. The molecule has 6 nitrogen and oxygen atoms in total. The van der Waals surface area contributed by atoms with Gasteiger partial charge in [-0.1, -0.05) is 6.07 Å². The topological polar surface area (TPSA) is 90.6 Å². The van der Waals surface area contributed by atoms with E-state index >= 15 is 0 Å². The van der Waals surface area contributed by atoms with Crippen molar-refractivity contribution in [2.75, 3.05) is 19.0 Å². The van der Waals surface area contributed by atoms with Crippen molar-refractivity contribution in [2.45, 2.75) is 6.92 Å². The number of carbonyl (C=O) groups excluding carboxylic acids is 2. The highest BCUT2D eigenvalue weighted by Crippen LogP contribution is 2.28. The van der Waals surface area contributed by atoms with Crippen LogP contribution >= 0.6 is 0 Å². The van der Waals surface area contributed by atoms with Crippen LogP contribution < -0.4 is 20.5 Å². The fourth-order valence-electron chi connectivity index (χ4n) is 2.14. The molecule has 2 aromatic carbocycles. The van der Waals surface area contributed by atoms with Crippen LogP contribution in [-0.2, 0) is 4.79 Å². The number of ether oxygens (including phenoxy) is 2. The van der Waals surface area contributed by atoms with Gasteiger partial charge in [0, 0.05) is 17.3 Å². The van der Waals surface area contributed by atoms with Crippen molar-refractivity contribution in [2.24, 2.45) is 5.73 Å². The predicted molar refractivity (Wildman–Crippen MR) is 96.8 cm³/mol. The average Bonchev–Trinajstić information content (AvgIpc) is 2.61. The maximum atomic E-state index is 12.0. The number of hydrogen-bond donors (Lipinski definition) is 2. The summed E-state index contributed by atoms with van der Waals surface area (Å²) in [7, 11) is 1.56. The summed E-state index contributed by atoms with van der Waals surface area (Å²) in [5, 5.41) is 2.70. The zero-order valence-electron chi connectivity index (χ0n) is 14.1. The van der Waals surface area contributed by atoms with Crippen LogP contribution in [0.1, 0.15) is 22.8 Å². The van der Waals surface area contributed by atoms with E-state index in [2.05, 4.69) is 5.32 Å². The molecule has 2 rings (SSSR count). The zero-order chi connectivity index (χ0) is 18.2. The maximum absolute atomic E-state index is 12.0. The Morgan fingerprint density at radius 3 is 2.44 bits per heavy atom. The average molecular weight is 340 g/mol. The summed E-state index contributed by atoms with van der Waals surface area (Å²) in [6, 6.07) is 11.8. The molecule has 25 heavy (non-hydrogen) atoms. The zero-order valence-corrected chi connectivity index (χ0v) is 14.1. The molecule has 2 amide bonds. The molecule has 0 atom stereocenters. The molecule has 0 radical (unpaired) electrons. The first kappa shape index (κ1) is 18.1. The normalized spacial score (nSPS) is 10.5. The van der Waals surface area contributed by atoms with Gasteiger partial charge in [0.05, 0.1) is 13.7 Å². The van der Waals surface area contributed by atoms with Gasteiger partial charge in [0.1, 0.15) is 0 Å². The van der Waals surface area contributed by atoms with E-state index in [0.717, 1.165) is 5.56 Å². The molecule has 0 saturated heterocycles. The molecule has 0 fully saturated rings. The van der Waals surface area contributed by atoms with Gasteiger partial charge in [0.25, 0.3) is 0 Å². The number of primary amides is 1. The molecule has 0 aliphatic heterocycles. The fraction of sp³-hybridized carbons (Fsp3) is 0.158. The molecule has 0 bridgehead atoms. The number of benzene rings is 2. The highest BCUT2D eigenvalue weighted by atomic mass is 16.5. The Bertz CT molecular complexity index is 783. The van der Waals surface area contributed by atoms with Crippen LogP contribution in [-0.4, -0.2) is 25.5 Å². The third-order valence-electron chi connectivity index (χ3n) is 3.35. The molecule has 0 spiro atoms. The van der Waals surface area contributed by atoms with E-state index in [0.29, 0.717) is 29.4 Å². The van der Waals surface area contributed by atoms with Crippen molar-refractivity contribution in [3.05, 3.63) is 59.7 Å². The molecule has 0 aliphatic rings. The first-order valence-electron chi connectivity index (χ1n) is 7.73. The Morgan fingerprint density at radius 1 is 1.12 bits per heavy atom. The quantitative estimate of drug-likeness (QED) is 0.758. The summed E-state index contributed by atoms with van der Waals surface area (Å²) >= 11 is 0. The lowest BCUT2D eigenvalue weighted by Crippen LogP contribution is -2.11. The van der Waals surface area contributed by atoms with Gasteiger partial charge in [-0.3, -0.25) is 9.59 Å². The molecule has 3 N–H and O–H groups in total. The predicted octanol–water partition coefficient (Wildman–Crippen LogP) is 2.84. The summed E-state index contributed by atoms with van der Waals surface area (Å²) < 4.78 is 10.7. The Labute approximate surface area is 146 Å². The third-order valence-corrected chi connectivity index (χ3v) is 3.35. The molecule has 0 saturated carbocycles. The first-order valence-corrected chi connectivity index (χ1v) is 7.73. The molecule has 0 heterocycles. The van der Waals surface area contributed by atoms with Gasteiger partial charge < -0.3 is 20.5 Å². The summed E-state index contributed by atoms with van der Waals surface area (Å²) in [5.41, 5.74) is 6.94. The lowest BCUT2D eigenvalue weighted by atomic mass is 10.2. The number of methoxy groups -OCH3 is 1. The lowest BCUT2D eigenvalue weighted by Gasteiger charge is -2.09. The second-order valence-corrected chi connectivity index (χ2v) is 5.11. The van der Waals surface area contributed by atoms with E-state index in [1.165, 1.54) is 6.08 Å². The van der Waals surface area contributed by atoms with Crippen LogP contribution in [0.3, 0.4) is 0 Å². The second kappa shape index (κ2) is 8.54.